The Bertz CT molecular complexity index is 268. The zero-order valence-electron chi connectivity index (χ0n) is 10.0. The van der Waals surface area contributed by atoms with Crippen LogP contribution in [0.5, 0.6) is 0 Å². The number of allylic oxidation sites excluding steroid dienone is 1. The van der Waals surface area contributed by atoms with Gasteiger partial charge in [-0.1, -0.05) is 33.1 Å². The zero-order valence-corrected chi connectivity index (χ0v) is 10.0. The van der Waals surface area contributed by atoms with Crippen LogP contribution in [0.15, 0.2) is 18.1 Å². The third kappa shape index (κ3) is 3.80. The maximum absolute atomic E-state index is 11.6. The van der Waals surface area contributed by atoms with Crippen molar-refractivity contribution >= 4 is 5.97 Å². The normalized spacial score (nSPS) is 11.9. The molecule has 14 heavy (non-hydrogen) atoms. The number of ether oxygens (including phenoxy) is 1. The van der Waals surface area contributed by atoms with Gasteiger partial charge in [-0.05, 0) is 20.8 Å². The van der Waals surface area contributed by atoms with E-state index in [0.29, 0.717) is 5.76 Å². The Labute approximate surface area is 86.6 Å². The Morgan fingerprint density at radius 1 is 1.07 bits per heavy atom. The van der Waals surface area contributed by atoms with E-state index in [1.54, 1.807) is 0 Å². The SMILES string of the molecule is C=C=C(OC(=O)C(C)(C)C)C(C)(C)C. The molecule has 0 atom stereocenters. The third-order valence-electron chi connectivity index (χ3n) is 1.65. The van der Waals surface area contributed by atoms with Crippen molar-refractivity contribution in [2.45, 2.75) is 41.5 Å². The highest BCUT2D eigenvalue weighted by Gasteiger charge is 2.28. The first kappa shape index (κ1) is 13.0. The molecule has 2 nitrogen and oxygen atoms in total. The lowest BCUT2D eigenvalue weighted by atomic mass is 9.93. The maximum Gasteiger partial charge on any atom is 0.316 e. The van der Waals surface area contributed by atoms with Crippen LogP contribution in [-0.4, -0.2) is 5.97 Å². The van der Waals surface area contributed by atoms with Gasteiger partial charge < -0.3 is 4.74 Å². The molecule has 0 unspecified atom stereocenters. The molecule has 2 heteroatoms. The van der Waals surface area contributed by atoms with Gasteiger partial charge in [-0.2, -0.15) is 0 Å². The van der Waals surface area contributed by atoms with Crippen LogP contribution >= 0.6 is 0 Å². The molecule has 0 amide bonds. The van der Waals surface area contributed by atoms with E-state index < -0.39 is 5.41 Å². The van der Waals surface area contributed by atoms with Crippen molar-refractivity contribution in [1.29, 1.82) is 0 Å². The molecule has 0 N–H and O–H groups in total. The van der Waals surface area contributed by atoms with Crippen LogP contribution in [0, 0.1) is 10.8 Å². The molecule has 80 valence electrons. The van der Waals surface area contributed by atoms with E-state index in [0.717, 1.165) is 0 Å². The highest BCUT2D eigenvalue weighted by molar-refractivity contribution is 5.76. The zero-order chi connectivity index (χ0) is 11.6. The smallest absolute Gasteiger partial charge is 0.316 e. The maximum atomic E-state index is 11.6. The van der Waals surface area contributed by atoms with Gasteiger partial charge in [0.2, 0.25) is 0 Å². The number of carbonyl (C=O) groups excluding carboxylic acids is 1. The minimum atomic E-state index is -0.493. The van der Waals surface area contributed by atoms with Gasteiger partial charge in [0, 0.05) is 5.41 Å². The highest BCUT2D eigenvalue weighted by atomic mass is 16.5. The highest BCUT2D eigenvalue weighted by Crippen LogP contribution is 2.28. The van der Waals surface area contributed by atoms with Crippen LogP contribution < -0.4 is 0 Å². The lowest BCUT2D eigenvalue weighted by Crippen LogP contribution is -2.25. The van der Waals surface area contributed by atoms with E-state index in [1.807, 2.05) is 41.5 Å². The molecule has 0 spiro atoms. The second-order valence-electron chi connectivity index (χ2n) is 5.40. The van der Waals surface area contributed by atoms with E-state index >= 15 is 0 Å². The summed E-state index contributed by atoms with van der Waals surface area (Å²) in [6.45, 7) is 14.8. The van der Waals surface area contributed by atoms with Gasteiger partial charge >= 0.3 is 5.97 Å². The second-order valence-corrected chi connectivity index (χ2v) is 5.40. The number of carbonyl (C=O) groups is 1. The van der Waals surface area contributed by atoms with Gasteiger partial charge in [-0.15, -0.1) is 0 Å². The van der Waals surface area contributed by atoms with Crippen molar-refractivity contribution in [3.63, 3.8) is 0 Å². The lowest BCUT2D eigenvalue weighted by Gasteiger charge is -2.23. The number of esters is 1. The first-order chi connectivity index (χ1) is 6.09. The molecule has 0 heterocycles. The topological polar surface area (TPSA) is 26.3 Å². The van der Waals surface area contributed by atoms with Crippen LogP contribution in [0.1, 0.15) is 41.5 Å². The molecule has 0 saturated carbocycles. The van der Waals surface area contributed by atoms with Crippen molar-refractivity contribution in [1.82, 2.24) is 0 Å². The van der Waals surface area contributed by atoms with E-state index in [1.165, 1.54) is 0 Å². The van der Waals surface area contributed by atoms with Crippen molar-refractivity contribution < 1.29 is 9.53 Å². The van der Waals surface area contributed by atoms with Crippen molar-refractivity contribution in [2.75, 3.05) is 0 Å². The first-order valence-electron chi connectivity index (χ1n) is 4.72. The van der Waals surface area contributed by atoms with E-state index in [-0.39, 0.29) is 11.4 Å². The molecule has 0 aliphatic rings. The standard InChI is InChI=1S/C12H20O2/c1-8-9(11(2,3)4)14-10(13)12(5,6)7/h1H2,2-7H3. The Morgan fingerprint density at radius 2 is 1.50 bits per heavy atom. The minimum absolute atomic E-state index is 0.233. The summed E-state index contributed by atoms with van der Waals surface area (Å²) in [6.07, 6.45) is 0. The lowest BCUT2D eigenvalue weighted by molar-refractivity contribution is -0.150. The van der Waals surface area contributed by atoms with Crippen molar-refractivity contribution in [2.24, 2.45) is 10.8 Å². The van der Waals surface area contributed by atoms with E-state index in [2.05, 4.69) is 12.3 Å². The summed E-state index contributed by atoms with van der Waals surface area (Å²) in [5.41, 5.74) is 1.94. The van der Waals surface area contributed by atoms with Crippen LogP contribution in [0.3, 0.4) is 0 Å². The summed E-state index contributed by atoms with van der Waals surface area (Å²) in [4.78, 5) is 11.6. The van der Waals surface area contributed by atoms with Crippen LogP contribution in [0.2, 0.25) is 0 Å². The average Bonchev–Trinajstić information content (AvgIpc) is 1.95. The predicted molar refractivity (Wildman–Crippen MR) is 57.7 cm³/mol. The molecule has 0 fully saturated rings. The minimum Gasteiger partial charge on any atom is -0.422 e. The van der Waals surface area contributed by atoms with Crippen LogP contribution in [0.4, 0.5) is 0 Å². The molecule has 0 aliphatic heterocycles. The molecule has 0 rings (SSSR count). The summed E-state index contributed by atoms with van der Waals surface area (Å²) >= 11 is 0. The van der Waals surface area contributed by atoms with Gasteiger partial charge in [-0.25, -0.2) is 0 Å². The Morgan fingerprint density at radius 3 is 1.71 bits per heavy atom. The monoisotopic (exact) mass is 196 g/mol. The summed E-state index contributed by atoms with van der Waals surface area (Å²) in [5, 5.41) is 0. The van der Waals surface area contributed by atoms with Crippen molar-refractivity contribution in [3.05, 3.63) is 18.1 Å². The molecule has 0 aliphatic carbocycles. The van der Waals surface area contributed by atoms with Crippen LogP contribution in [0.25, 0.3) is 0 Å². The molecule has 0 bridgehead atoms. The fourth-order valence-electron chi connectivity index (χ4n) is 0.700. The summed E-state index contributed by atoms with van der Waals surface area (Å²) < 4.78 is 5.23. The number of hydrogen-bond acceptors (Lipinski definition) is 2. The average molecular weight is 196 g/mol. The Balaban J connectivity index is 4.70. The number of hydrogen-bond donors (Lipinski definition) is 0. The van der Waals surface area contributed by atoms with Gasteiger partial charge in [-0.3, -0.25) is 4.79 Å². The fraction of sp³-hybridized carbons (Fsp3) is 0.667. The second kappa shape index (κ2) is 4.02. The van der Waals surface area contributed by atoms with Gasteiger partial charge in [0.15, 0.2) is 5.76 Å². The molecule has 0 aromatic rings. The van der Waals surface area contributed by atoms with E-state index in [4.69, 9.17) is 4.74 Å². The molecular formula is C12H20O2. The predicted octanol–water partition coefficient (Wildman–Crippen LogP) is 3.29. The Kier molecular flexibility index (Phi) is 3.73. The Hall–Kier alpha value is -1.01. The summed E-state index contributed by atoms with van der Waals surface area (Å²) in [5.74, 6) is 0.246. The molecule has 0 radical (unpaired) electrons. The quantitative estimate of drug-likeness (QED) is 0.365. The largest absolute Gasteiger partial charge is 0.422 e. The molecule has 0 aromatic carbocycles. The fourth-order valence-corrected chi connectivity index (χ4v) is 0.700. The van der Waals surface area contributed by atoms with Crippen LogP contribution in [-0.2, 0) is 9.53 Å². The van der Waals surface area contributed by atoms with Gasteiger partial charge in [0.25, 0.3) is 0 Å². The number of rotatable bonds is 1. The van der Waals surface area contributed by atoms with E-state index in [9.17, 15) is 4.79 Å². The molecular weight excluding hydrogens is 176 g/mol. The summed E-state index contributed by atoms with van der Waals surface area (Å²) in [6, 6.07) is 0. The summed E-state index contributed by atoms with van der Waals surface area (Å²) in [7, 11) is 0. The first-order valence-corrected chi connectivity index (χ1v) is 4.72. The van der Waals surface area contributed by atoms with Gasteiger partial charge in [0.1, 0.15) is 0 Å². The molecule has 0 saturated heterocycles. The van der Waals surface area contributed by atoms with Gasteiger partial charge in [0.05, 0.1) is 5.41 Å². The van der Waals surface area contributed by atoms with Crippen molar-refractivity contribution in [3.8, 4) is 0 Å². The third-order valence-corrected chi connectivity index (χ3v) is 1.65. The molecule has 0 aromatic heterocycles.